The predicted molar refractivity (Wildman–Crippen MR) is 97.9 cm³/mol. The lowest BCUT2D eigenvalue weighted by molar-refractivity contribution is -0.137. The largest absolute Gasteiger partial charge is 0.416 e. The number of hydrogen-bond acceptors (Lipinski definition) is 3. The van der Waals surface area contributed by atoms with Crippen molar-refractivity contribution >= 4 is 17.3 Å². The highest BCUT2D eigenvalue weighted by Crippen LogP contribution is 2.29. The number of benzene rings is 2. The summed E-state index contributed by atoms with van der Waals surface area (Å²) in [5, 5.41) is 14.4. The lowest BCUT2D eigenvalue weighted by atomic mass is 10.0. The molecule has 2 aromatic carbocycles. The van der Waals surface area contributed by atoms with Crippen LogP contribution in [0.5, 0.6) is 0 Å². The molecule has 7 heteroatoms. The van der Waals surface area contributed by atoms with Crippen molar-refractivity contribution in [3.8, 4) is 6.07 Å². The zero-order valence-electron chi connectivity index (χ0n) is 14.8. The van der Waals surface area contributed by atoms with Crippen molar-refractivity contribution in [2.75, 3.05) is 10.6 Å². The van der Waals surface area contributed by atoms with Gasteiger partial charge in [0.05, 0.1) is 5.56 Å². The molecule has 0 atom stereocenters. The van der Waals surface area contributed by atoms with Crippen LogP contribution in [-0.2, 0) is 11.0 Å². The summed E-state index contributed by atoms with van der Waals surface area (Å²) in [5.74, 6) is -0.258. The summed E-state index contributed by atoms with van der Waals surface area (Å²) < 4.78 is 37.6. The second-order valence-electron chi connectivity index (χ2n) is 6.12. The van der Waals surface area contributed by atoms with Gasteiger partial charge in [-0.1, -0.05) is 26.0 Å². The molecule has 4 nitrogen and oxygen atoms in total. The number of nitriles is 1. The Labute approximate surface area is 155 Å². The van der Waals surface area contributed by atoms with Gasteiger partial charge in [0.1, 0.15) is 11.6 Å². The maximum Gasteiger partial charge on any atom is 0.416 e. The van der Waals surface area contributed by atoms with Crippen molar-refractivity contribution in [1.82, 2.24) is 0 Å². The van der Waals surface area contributed by atoms with Gasteiger partial charge in [-0.3, -0.25) is 4.79 Å². The molecule has 0 spiro atoms. The monoisotopic (exact) mass is 373 g/mol. The quantitative estimate of drug-likeness (QED) is 0.553. The molecule has 2 aromatic rings. The van der Waals surface area contributed by atoms with Crippen LogP contribution in [0.2, 0.25) is 0 Å². The lowest BCUT2D eigenvalue weighted by Gasteiger charge is -2.09. The van der Waals surface area contributed by atoms with E-state index in [0.29, 0.717) is 17.3 Å². The average Bonchev–Trinajstić information content (AvgIpc) is 2.62. The third-order valence-electron chi connectivity index (χ3n) is 3.80. The zero-order chi connectivity index (χ0) is 20.0. The van der Waals surface area contributed by atoms with Crippen LogP contribution in [0.1, 0.15) is 30.9 Å². The molecule has 1 amide bonds. The fraction of sp³-hybridized carbons (Fsp3) is 0.200. The lowest BCUT2D eigenvalue weighted by Crippen LogP contribution is -2.14. The number of carbonyl (C=O) groups is 1. The van der Waals surface area contributed by atoms with E-state index < -0.39 is 17.6 Å². The Hall–Kier alpha value is -3.27. The second-order valence-corrected chi connectivity index (χ2v) is 6.12. The van der Waals surface area contributed by atoms with Crippen molar-refractivity contribution in [2.24, 2.45) is 0 Å². The van der Waals surface area contributed by atoms with E-state index in [4.69, 9.17) is 5.26 Å². The van der Waals surface area contributed by atoms with Crippen LogP contribution in [-0.4, -0.2) is 5.91 Å². The Kier molecular flexibility index (Phi) is 6.24. The average molecular weight is 373 g/mol. The molecule has 0 fully saturated rings. The first-order chi connectivity index (χ1) is 12.7. The number of carbonyl (C=O) groups excluding carboxylic acids is 1. The van der Waals surface area contributed by atoms with E-state index in [1.54, 1.807) is 18.2 Å². The smallest absolute Gasteiger partial charge is 0.360 e. The number of amides is 1. The number of alkyl halides is 3. The van der Waals surface area contributed by atoms with Crippen molar-refractivity contribution in [1.29, 1.82) is 5.26 Å². The molecule has 0 saturated heterocycles. The van der Waals surface area contributed by atoms with E-state index in [1.165, 1.54) is 12.1 Å². The molecule has 140 valence electrons. The molecule has 27 heavy (non-hydrogen) atoms. The second kappa shape index (κ2) is 8.41. The van der Waals surface area contributed by atoms with E-state index in [9.17, 15) is 18.0 Å². The number of rotatable bonds is 5. The van der Waals surface area contributed by atoms with Gasteiger partial charge < -0.3 is 10.6 Å². The first-order valence-electron chi connectivity index (χ1n) is 8.16. The molecule has 0 bridgehead atoms. The van der Waals surface area contributed by atoms with Crippen molar-refractivity contribution in [3.05, 3.63) is 71.4 Å². The molecule has 0 aliphatic carbocycles. The van der Waals surface area contributed by atoms with Gasteiger partial charge in [-0.25, -0.2) is 0 Å². The number of nitrogens with one attached hydrogen (secondary N) is 2. The molecule has 0 aliphatic heterocycles. The highest BCUT2D eigenvalue weighted by molar-refractivity contribution is 6.06. The van der Waals surface area contributed by atoms with Crippen LogP contribution < -0.4 is 10.6 Å². The predicted octanol–water partition coefficient (Wildman–Crippen LogP) is 5.29. The summed E-state index contributed by atoms with van der Waals surface area (Å²) in [4.78, 5) is 12.2. The Balaban J connectivity index is 2.04. The summed E-state index contributed by atoms with van der Waals surface area (Å²) in [7, 11) is 0. The molecule has 2 rings (SSSR count). The van der Waals surface area contributed by atoms with Gasteiger partial charge >= 0.3 is 6.18 Å². The van der Waals surface area contributed by atoms with Gasteiger partial charge in [0.25, 0.3) is 5.91 Å². The fourth-order valence-electron chi connectivity index (χ4n) is 2.21. The minimum atomic E-state index is -4.42. The van der Waals surface area contributed by atoms with Crippen molar-refractivity contribution in [3.63, 3.8) is 0 Å². The highest BCUT2D eigenvalue weighted by atomic mass is 19.4. The standard InChI is InChI=1S/C20H18F3N3O/c1-13(2)14-3-7-18(8-4-14)26-19(27)15(11-24)12-25-17-9-5-16(6-10-17)20(21,22)23/h3-10,12-13,25H,1-2H3,(H,26,27)/b15-12-. The van der Waals surface area contributed by atoms with E-state index in [2.05, 4.69) is 24.5 Å². The summed E-state index contributed by atoms with van der Waals surface area (Å²) in [6, 6.07) is 13.3. The third kappa shape index (κ3) is 5.61. The van der Waals surface area contributed by atoms with Crippen LogP contribution in [0, 0.1) is 11.3 Å². The highest BCUT2D eigenvalue weighted by Gasteiger charge is 2.29. The molecular weight excluding hydrogens is 355 g/mol. The maximum absolute atomic E-state index is 12.5. The number of nitrogens with zero attached hydrogens (tertiary/aromatic N) is 1. The topological polar surface area (TPSA) is 64.9 Å². The Morgan fingerprint density at radius 1 is 1.04 bits per heavy atom. The zero-order valence-corrected chi connectivity index (χ0v) is 14.8. The molecule has 2 N–H and O–H groups in total. The molecule has 0 aliphatic rings. The summed E-state index contributed by atoms with van der Waals surface area (Å²) in [6.07, 6.45) is -3.27. The maximum atomic E-state index is 12.5. The normalized spacial score (nSPS) is 11.8. The van der Waals surface area contributed by atoms with Crippen LogP contribution in [0.15, 0.2) is 60.3 Å². The first kappa shape index (κ1) is 20.0. The van der Waals surface area contributed by atoms with Gasteiger partial charge in [0, 0.05) is 17.6 Å². The van der Waals surface area contributed by atoms with Gasteiger partial charge in [-0.05, 0) is 47.9 Å². The molecule has 0 saturated carbocycles. The Bertz CT molecular complexity index is 861. The van der Waals surface area contributed by atoms with E-state index in [-0.39, 0.29) is 5.57 Å². The van der Waals surface area contributed by atoms with Crippen LogP contribution in [0.4, 0.5) is 24.5 Å². The Morgan fingerprint density at radius 3 is 2.07 bits per heavy atom. The van der Waals surface area contributed by atoms with E-state index in [0.717, 1.165) is 23.9 Å². The van der Waals surface area contributed by atoms with E-state index >= 15 is 0 Å². The summed E-state index contributed by atoms with van der Waals surface area (Å²) in [6.45, 7) is 4.11. The van der Waals surface area contributed by atoms with Crippen LogP contribution in [0.25, 0.3) is 0 Å². The van der Waals surface area contributed by atoms with Gasteiger partial charge in [0.2, 0.25) is 0 Å². The summed E-state index contributed by atoms with van der Waals surface area (Å²) in [5.41, 5.74) is 1.00. The van der Waals surface area contributed by atoms with Crippen LogP contribution in [0.3, 0.4) is 0 Å². The van der Waals surface area contributed by atoms with Crippen LogP contribution >= 0.6 is 0 Å². The molecule has 0 aromatic heterocycles. The number of anilines is 2. The summed E-state index contributed by atoms with van der Waals surface area (Å²) >= 11 is 0. The van der Waals surface area contributed by atoms with Gasteiger partial charge in [0.15, 0.2) is 0 Å². The number of hydrogen-bond donors (Lipinski definition) is 2. The van der Waals surface area contributed by atoms with Crippen molar-refractivity contribution in [2.45, 2.75) is 25.9 Å². The first-order valence-corrected chi connectivity index (χ1v) is 8.16. The minimum Gasteiger partial charge on any atom is -0.360 e. The molecule has 0 radical (unpaired) electrons. The van der Waals surface area contributed by atoms with Gasteiger partial charge in [-0.2, -0.15) is 18.4 Å². The number of halogens is 3. The third-order valence-corrected chi connectivity index (χ3v) is 3.80. The fourth-order valence-corrected chi connectivity index (χ4v) is 2.21. The molecule has 0 unspecified atom stereocenters. The van der Waals surface area contributed by atoms with Gasteiger partial charge in [-0.15, -0.1) is 0 Å². The molecule has 0 heterocycles. The van der Waals surface area contributed by atoms with E-state index in [1.807, 2.05) is 12.1 Å². The SMILES string of the molecule is CC(C)c1ccc(NC(=O)/C(C#N)=C\Nc2ccc(C(F)(F)F)cc2)cc1. The Morgan fingerprint density at radius 2 is 1.59 bits per heavy atom. The van der Waals surface area contributed by atoms with Crippen molar-refractivity contribution < 1.29 is 18.0 Å². The molecular formula is C20H18F3N3O. The minimum absolute atomic E-state index is 0.206.